The van der Waals surface area contributed by atoms with Crippen LogP contribution in [0.3, 0.4) is 0 Å². The Kier molecular flexibility index (Phi) is 3.08. The summed E-state index contributed by atoms with van der Waals surface area (Å²) >= 11 is 2.12. The fourth-order valence-corrected chi connectivity index (χ4v) is 4.90. The van der Waals surface area contributed by atoms with Gasteiger partial charge < -0.3 is 9.31 Å². The molecule has 0 N–H and O–H groups in total. The summed E-state index contributed by atoms with van der Waals surface area (Å²) in [5.41, 5.74) is 0.325. The van der Waals surface area contributed by atoms with Gasteiger partial charge in [0.25, 0.3) is 0 Å². The van der Waals surface area contributed by atoms with Crippen molar-refractivity contribution in [2.24, 2.45) is 5.41 Å². The quantitative estimate of drug-likeness (QED) is 0.675. The van der Waals surface area contributed by atoms with E-state index < -0.39 is 0 Å². The Morgan fingerprint density at radius 3 is 1.94 bits per heavy atom. The van der Waals surface area contributed by atoms with Gasteiger partial charge in [0.05, 0.1) is 11.2 Å². The first-order valence-corrected chi connectivity index (χ1v) is 8.43. The van der Waals surface area contributed by atoms with Crippen LogP contribution >= 0.6 is 11.8 Å². The van der Waals surface area contributed by atoms with Gasteiger partial charge in [-0.3, -0.25) is 0 Å². The summed E-state index contributed by atoms with van der Waals surface area (Å²) in [6.07, 6.45) is 5.47. The van der Waals surface area contributed by atoms with Gasteiger partial charge >= 0.3 is 7.12 Å². The van der Waals surface area contributed by atoms with E-state index in [9.17, 15) is 0 Å². The fourth-order valence-electron chi connectivity index (χ4n) is 3.54. The van der Waals surface area contributed by atoms with E-state index in [1.165, 1.54) is 37.2 Å². The predicted octanol–water partition coefficient (Wildman–Crippen LogP) is 3.76. The molecule has 2 aliphatic heterocycles. The molecule has 4 heteroatoms. The molecule has 0 aromatic rings. The Bertz CT molecular complexity index is 313. The van der Waals surface area contributed by atoms with Gasteiger partial charge in [0, 0.05) is 0 Å². The van der Waals surface area contributed by atoms with Crippen molar-refractivity contribution < 1.29 is 9.31 Å². The zero-order valence-corrected chi connectivity index (χ0v) is 12.9. The van der Waals surface area contributed by atoms with Crippen molar-refractivity contribution in [1.29, 1.82) is 0 Å². The lowest BCUT2D eigenvalue weighted by molar-refractivity contribution is 0.00578. The van der Waals surface area contributed by atoms with E-state index >= 15 is 0 Å². The van der Waals surface area contributed by atoms with E-state index in [-0.39, 0.29) is 18.3 Å². The number of thioether (sulfide) groups is 1. The molecule has 2 nitrogen and oxygen atoms in total. The van der Waals surface area contributed by atoms with Crippen LogP contribution in [0.25, 0.3) is 0 Å². The summed E-state index contributed by atoms with van der Waals surface area (Å²) in [7, 11) is 0.0372. The van der Waals surface area contributed by atoms with Gasteiger partial charge in [0.15, 0.2) is 0 Å². The number of rotatable bonds is 1. The molecule has 1 aliphatic carbocycles. The fraction of sp³-hybridized carbons (Fsp3) is 1.00. The summed E-state index contributed by atoms with van der Waals surface area (Å²) in [4.78, 5) is 0. The topological polar surface area (TPSA) is 18.5 Å². The van der Waals surface area contributed by atoms with Gasteiger partial charge in [-0.25, -0.2) is 0 Å². The highest BCUT2D eigenvalue weighted by Crippen LogP contribution is 2.59. The standard InChI is InChI=1S/C14H25BO2S/c1-12(2)13(3,4)17-15(16-12)11-9-14(10-11)5-7-18-8-6-14/h11H,5-10H2,1-4H3. The highest BCUT2D eigenvalue weighted by molar-refractivity contribution is 7.99. The Balaban J connectivity index is 1.60. The molecule has 1 saturated carbocycles. The van der Waals surface area contributed by atoms with E-state index in [4.69, 9.17) is 9.31 Å². The van der Waals surface area contributed by atoms with Gasteiger partial charge in [-0.2, -0.15) is 11.8 Å². The zero-order valence-electron chi connectivity index (χ0n) is 12.1. The molecule has 1 spiro atoms. The van der Waals surface area contributed by atoms with Crippen molar-refractivity contribution in [3.63, 3.8) is 0 Å². The van der Waals surface area contributed by atoms with Gasteiger partial charge in [0.1, 0.15) is 0 Å². The van der Waals surface area contributed by atoms with Gasteiger partial charge in [-0.15, -0.1) is 0 Å². The Labute approximate surface area is 116 Å². The van der Waals surface area contributed by atoms with Crippen molar-refractivity contribution in [1.82, 2.24) is 0 Å². The zero-order chi connectivity index (χ0) is 13.0. The minimum Gasteiger partial charge on any atom is -0.403 e. The van der Waals surface area contributed by atoms with Crippen molar-refractivity contribution in [2.75, 3.05) is 11.5 Å². The van der Waals surface area contributed by atoms with Crippen molar-refractivity contribution >= 4 is 18.9 Å². The first-order chi connectivity index (χ1) is 8.34. The molecule has 3 aliphatic rings. The van der Waals surface area contributed by atoms with Crippen LogP contribution in [0.15, 0.2) is 0 Å². The van der Waals surface area contributed by atoms with Crippen molar-refractivity contribution in [2.45, 2.75) is 70.4 Å². The molecule has 0 unspecified atom stereocenters. The third-order valence-electron chi connectivity index (χ3n) is 5.60. The first kappa shape index (κ1) is 13.3. The molecule has 0 aromatic carbocycles. The van der Waals surface area contributed by atoms with Crippen LogP contribution in [0.2, 0.25) is 5.82 Å². The number of hydrogen-bond acceptors (Lipinski definition) is 3. The summed E-state index contributed by atoms with van der Waals surface area (Å²) in [6.45, 7) is 8.61. The van der Waals surface area contributed by atoms with Crippen LogP contribution in [0.4, 0.5) is 0 Å². The van der Waals surface area contributed by atoms with Crippen LogP contribution in [0, 0.1) is 5.41 Å². The molecule has 0 radical (unpaired) electrons. The Morgan fingerprint density at radius 1 is 0.944 bits per heavy atom. The maximum absolute atomic E-state index is 6.17. The Morgan fingerprint density at radius 2 is 1.44 bits per heavy atom. The third-order valence-corrected chi connectivity index (χ3v) is 6.59. The SMILES string of the molecule is CC1(C)OB(C2CC3(CCSCC3)C2)OC1(C)C. The smallest absolute Gasteiger partial charge is 0.403 e. The van der Waals surface area contributed by atoms with Gasteiger partial charge in [-0.1, -0.05) is 0 Å². The minimum absolute atomic E-state index is 0.0372. The first-order valence-electron chi connectivity index (χ1n) is 7.27. The average Bonchev–Trinajstić information content (AvgIpc) is 2.45. The number of hydrogen-bond donors (Lipinski definition) is 0. The van der Waals surface area contributed by atoms with E-state index in [2.05, 4.69) is 39.5 Å². The van der Waals surface area contributed by atoms with E-state index in [0.717, 1.165) is 0 Å². The van der Waals surface area contributed by atoms with Crippen LogP contribution < -0.4 is 0 Å². The summed E-state index contributed by atoms with van der Waals surface area (Å²) in [5, 5.41) is 0. The van der Waals surface area contributed by atoms with E-state index in [1.807, 2.05) is 0 Å². The molecule has 2 heterocycles. The molecule has 3 fully saturated rings. The van der Waals surface area contributed by atoms with Crippen molar-refractivity contribution in [3.05, 3.63) is 0 Å². The molecule has 0 bridgehead atoms. The lowest BCUT2D eigenvalue weighted by atomic mass is 9.47. The van der Waals surface area contributed by atoms with E-state index in [0.29, 0.717) is 11.2 Å². The molecule has 0 amide bonds. The summed E-state index contributed by atoms with van der Waals surface area (Å²) < 4.78 is 12.3. The second kappa shape index (κ2) is 4.16. The lowest BCUT2D eigenvalue weighted by Gasteiger charge is -2.50. The summed E-state index contributed by atoms with van der Waals surface area (Å²) in [5.74, 6) is 3.35. The average molecular weight is 268 g/mol. The normalized spacial score (nSPS) is 33.7. The van der Waals surface area contributed by atoms with Crippen LogP contribution in [-0.4, -0.2) is 29.8 Å². The Hall–Kier alpha value is 0.335. The van der Waals surface area contributed by atoms with Crippen LogP contribution in [0.1, 0.15) is 53.4 Å². The maximum atomic E-state index is 6.17. The second-order valence-electron chi connectivity index (χ2n) is 7.41. The van der Waals surface area contributed by atoms with Gasteiger partial charge in [-0.05, 0) is 76.1 Å². The van der Waals surface area contributed by atoms with Crippen LogP contribution in [0.5, 0.6) is 0 Å². The molecule has 0 atom stereocenters. The summed E-state index contributed by atoms with van der Waals surface area (Å²) in [6, 6.07) is 0. The van der Waals surface area contributed by atoms with Crippen LogP contribution in [-0.2, 0) is 9.31 Å². The maximum Gasteiger partial charge on any atom is 0.461 e. The lowest BCUT2D eigenvalue weighted by Crippen LogP contribution is -2.44. The third kappa shape index (κ3) is 2.05. The second-order valence-corrected chi connectivity index (χ2v) is 8.63. The van der Waals surface area contributed by atoms with Crippen molar-refractivity contribution in [3.8, 4) is 0 Å². The minimum atomic E-state index is -0.164. The molecule has 2 saturated heterocycles. The van der Waals surface area contributed by atoms with E-state index in [1.54, 1.807) is 0 Å². The molecular formula is C14H25BO2S. The highest BCUT2D eigenvalue weighted by atomic mass is 32.2. The predicted molar refractivity (Wildman–Crippen MR) is 78.1 cm³/mol. The highest BCUT2D eigenvalue weighted by Gasteiger charge is 2.58. The molecule has 3 rings (SSSR count). The largest absolute Gasteiger partial charge is 0.461 e. The van der Waals surface area contributed by atoms with Gasteiger partial charge in [0.2, 0.25) is 0 Å². The molecule has 0 aromatic heterocycles. The molecule has 102 valence electrons. The monoisotopic (exact) mass is 268 g/mol. The molecular weight excluding hydrogens is 243 g/mol. The molecule has 18 heavy (non-hydrogen) atoms.